The monoisotopic (exact) mass is 457 g/mol. The van der Waals surface area contributed by atoms with Crippen molar-refractivity contribution in [1.29, 1.82) is 0 Å². The molecule has 0 saturated carbocycles. The minimum atomic E-state index is -3.32. The molecule has 0 atom stereocenters. The molecule has 1 N–H and O–H groups in total. The fourth-order valence-electron chi connectivity index (χ4n) is 3.54. The van der Waals surface area contributed by atoms with Crippen LogP contribution in [0.2, 0.25) is 0 Å². The number of rotatable bonds is 5. The molecule has 0 unspecified atom stereocenters. The highest BCUT2D eigenvalue weighted by Crippen LogP contribution is 2.25. The van der Waals surface area contributed by atoms with Gasteiger partial charge in [-0.1, -0.05) is 0 Å². The third-order valence-electron chi connectivity index (χ3n) is 5.20. The smallest absolute Gasteiger partial charge is 0.338 e. The Hall–Kier alpha value is -3.73. The van der Waals surface area contributed by atoms with E-state index in [-0.39, 0.29) is 28.1 Å². The molecule has 0 aromatic heterocycles. The highest BCUT2D eigenvalue weighted by molar-refractivity contribution is 7.93. The third-order valence-corrected chi connectivity index (χ3v) is 7.07. The summed E-state index contributed by atoms with van der Waals surface area (Å²) in [7, 11) is -1.94. The molecule has 2 heterocycles. The van der Waals surface area contributed by atoms with Crippen molar-refractivity contribution in [2.75, 3.05) is 35.6 Å². The molecule has 166 valence electrons. The van der Waals surface area contributed by atoms with Crippen LogP contribution in [-0.4, -0.2) is 63.0 Å². The minimum Gasteiger partial charge on any atom is -0.452 e. The van der Waals surface area contributed by atoms with Crippen molar-refractivity contribution in [2.24, 2.45) is 0 Å². The van der Waals surface area contributed by atoms with Gasteiger partial charge in [-0.3, -0.25) is 23.6 Å². The maximum Gasteiger partial charge on any atom is 0.338 e. The third kappa shape index (κ3) is 3.94. The number of nitrogens with zero attached hydrogens (tertiary/aromatic N) is 2. The first kappa shape index (κ1) is 21.5. The Balaban J connectivity index is 1.34. The normalized spacial score (nSPS) is 16.8. The topological polar surface area (TPSA) is 130 Å². The molecule has 2 aliphatic rings. The lowest BCUT2D eigenvalue weighted by molar-refractivity contribution is -0.119. The van der Waals surface area contributed by atoms with Crippen LogP contribution in [0.15, 0.2) is 42.5 Å². The van der Waals surface area contributed by atoms with Crippen LogP contribution in [0, 0.1) is 0 Å². The molecule has 0 spiro atoms. The molecule has 32 heavy (non-hydrogen) atoms. The summed E-state index contributed by atoms with van der Waals surface area (Å²) in [5.74, 6) is -2.14. The fraction of sp³-hybridized carbons (Fsp3) is 0.238. The molecular formula is C21H19N3O7S. The first-order valence-corrected chi connectivity index (χ1v) is 11.3. The van der Waals surface area contributed by atoms with Crippen LogP contribution in [-0.2, 0) is 19.6 Å². The summed E-state index contributed by atoms with van der Waals surface area (Å²) in [5.41, 5.74) is 1.37. The number of carbonyl (C=O) groups excluding carboxylic acids is 4. The molecule has 0 aliphatic carbocycles. The SMILES string of the molecule is CN1C(=O)c2ccc(NC(=O)COC(=O)c3ccc(N4CCCS4(=O)=O)cc3)cc2C1=O. The van der Waals surface area contributed by atoms with Gasteiger partial charge in [0.2, 0.25) is 10.0 Å². The number of sulfonamides is 1. The van der Waals surface area contributed by atoms with Gasteiger partial charge in [-0.05, 0) is 48.9 Å². The molecule has 10 nitrogen and oxygen atoms in total. The lowest BCUT2D eigenvalue weighted by Crippen LogP contribution is -2.25. The highest BCUT2D eigenvalue weighted by atomic mass is 32.2. The second kappa shape index (κ2) is 8.08. The number of amides is 3. The lowest BCUT2D eigenvalue weighted by atomic mass is 10.1. The number of benzene rings is 2. The van der Waals surface area contributed by atoms with E-state index in [1.54, 1.807) is 0 Å². The van der Waals surface area contributed by atoms with E-state index in [1.807, 2.05) is 0 Å². The Kier molecular flexibility index (Phi) is 5.43. The first-order valence-electron chi connectivity index (χ1n) is 9.71. The molecule has 2 aromatic carbocycles. The number of esters is 1. The Morgan fingerprint density at radius 1 is 1.03 bits per heavy atom. The van der Waals surface area contributed by atoms with Gasteiger partial charge >= 0.3 is 5.97 Å². The number of anilines is 2. The number of hydrogen-bond donors (Lipinski definition) is 1. The lowest BCUT2D eigenvalue weighted by Gasteiger charge is -2.16. The van der Waals surface area contributed by atoms with Crippen molar-refractivity contribution in [3.8, 4) is 0 Å². The summed E-state index contributed by atoms with van der Waals surface area (Å²) in [6.45, 7) is -0.171. The number of imide groups is 1. The van der Waals surface area contributed by atoms with E-state index in [4.69, 9.17) is 4.74 Å². The molecular weight excluding hydrogens is 438 g/mol. The molecule has 4 rings (SSSR count). The van der Waals surface area contributed by atoms with Gasteiger partial charge in [0.05, 0.1) is 28.1 Å². The maximum atomic E-state index is 12.2. The molecule has 2 aliphatic heterocycles. The van der Waals surface area contributed by atoms with Crippen molar-refractivity contribution in [2.45, 2.75) is 6.42 Å². The Bertz CT molecular complexity index is 1240. The zero-order valence-electron chi connectivity index (χ0n) is 17.0. The van der Waals surface area contributed by atoms with E-state index < -0.39 is 40.3 Å². The van der Waals surface area contributed by atoms with Gasteiger partial charge in [-0.2, -0.15) is 0 Å². The second-order valence-electron chi connectivity index (χ2n) is 7.34. The van der Waals surface area contributed by atoms with Crippen LogP contribution in [0.25, 0.3) is 0 Å². The number of ether oxygens (including phenoxy) is 1. The van der Waals surface area contributed by atoms with Crippen LogP contribution in [0.1, 0.15) is 37.5 Å². The number of hydrogen-bond acceptors (Lipinski definition) is 7. The van der Waals surface area contributed by atoms with E-state index >= 15 is 0 Å². The molecule has 1 saturated heterocycles. The van der Waals surface area contributed by atoms with Crippen molar-refractivity contribution < 1.29 is 32.3 Å². The van der Waals surface area contributed by atoms with Gasteiger partial charge < -0.3 is 10.1 Å². The van der Waals surface area contributed by atoms with Crippen molar-refractivity contribution in [3.63, 3.8) is 0 Å². The molecule has 0 radical (unpaired) electrons. The predicted octanol–water partition coefficient (Wildman–Crippen LogP) is 1.25. The van der Waals surface area contributed by atoms with Crippen molar-refractivity contribution >= 4 is 45.1 Å². The quantitative estimate of drug-likeness (QED) is 0.528. The minimum absolute atomic E-state index is 0.0945. The average molecular weight is 457 g/mol. The first-order chi connectivity index (χ1) is 15.2. The van der Waals surface area contributed by atoms with E-state index in [1.165, 1.54) is 53.8 Å². The van der Waals surface area contributed by atoms with Crippen LogP contribution in [0.3, 0.4) is 0 Å². The van der Waals surface area contributed by atoms with E-state index in [0.717, 1.165) is 4.90 Å². The van der Waals surface area contributed by atoms with Gasteiger partial charge in [0, 0.05) is 19.3 Å². The summed E-state index contributed by atoms with van der Waals surface area (Å²) in [6, 6.07) is 10.2. The van der Waals surface area contributed by atoms with Gasteiger partial charge in [-0.25, -0.2) is 13.2 Å². The summed E-state index contributed by atoms with van der Waals surface area (Å²) in [6.07, 6.45) is 0.548. The summed E-state index contributed by atoms with van der Waals surface area (Å²) >= 11 is 0. The van der Waals surface area contributed by atoms with E-state index in [0.29, 0.717) is 18.7 Å². The van der Waals surface area contributed by atoms with Crippen LogP contribution < -0.4 is 9.62 Å². The molecule has 11 heteroatoms. The van der Waals surface area contributed by atoms with Gasteiger partial charge in [-0.15, -0.1) is 0 Å². The molecule has 0 bridgehead atoms. The number of carbonyl (C=O) groups is 4. The summed E-state index contributed by atoms with van der Waals surface area (Å²) in [4.78, 5) is 49.3. The Morgan fingerprint density at radius 2 is 1.72 bits per heavy atom. The van der Waals surface area contributed by atoms with Gasteiger partial charge in [0.1, 0.15) is 0 Å². The van der Waals surface area contributed by atoms with Gasteiger partial charge in [0.15, 0.2) is 6.61 Å². The van der Waals surface area contributed by atoms with E-state index in [2.05, 4.69) is 5.32 Å². The second-order valence-corrected chi connectivity index (χ2v) is 9.36. The maximum absolute atomic E-state index is 12.2. The van der Waals surface area contributed by atoms with Crippen molar-refractivity contribution in [3.05, 3.63) is 59.2 Å². The van der Waals surface area contributed by atoms with Crippen molar-refractivity contribution in [1.82, 2.24) is 4.90 Å². The Labute approximate surface area is 183 Å². The van der Waals surface area contributed by atoms with Crippen LogP contribution >= 0.6 is 0 Å². The summed E-state index contributed by atoms with van der Waals surface area (Å²) < 4.78 is 30.2. The molecule has 1 fully saturated rings. The fourth-order valence-corrected chi connectivity index (χ4v) is 5.11. The zero-order chi connectivity index (χ0) is 23.0. The molecule has 2 aromatic rings. The summed E-state index contributed by atoms with van der Waals surface area (Å²) in [5, 5.41) is 2.51. The van der Waals surface area contributed by atoms with E-state index in [9.17, 15) is 27.6 Å². The standard InChI is InChI=1S/C21H19N3O7S/c1-23-19(26)16-8-5-14(11-17(16)20(23)27)22-18(25)12-31-21(28)13-3-6-15(7-4-13)24-9-2-10-32(24,29)30/h3-8,11H,2,9-10,12H2,1H3,(H,22,25). The number of nitrogens with one attached hydrogen (secondary N) is 1. The zero-order valence-corrected chi connectivity index (χ0v) is 17.8. The molecule has 3 amide bonds. The average Bonchev–Trinajstić information content (AvgIpc) is 3.23. The predicted molar refractivity (Wildman–Crippen MR) is 114 cm³/mol. The van der Waals surface area contributed by atoms with Gasteiger partial charge in [0.25, 0.3) is 17.7 Å². The number of fused-ring (bicyclic) bond motifs is 1. The van der Waals surface area contributed by atoms with Crippen LogP contribution in [0.5, 0.6) is 0 Å². The largest absolute Gasteiger partial charge is 0.452 e. The highest BCUT2D eigenvalue weighted by Gasteiger charge is 2.33. The Morgan fingerprint density at radius 3 is 2.38 bits per heavy atom. The van der Waals surface area contributed by atoms with Crippen LogP contribution in [0.4, 0.5) is 11.4 Å².